The molecular formula is C17H21N3O2. The lowest BCUT2D eigenvalue weighted by molar-refractivity contribution is -0.384. The Morgan fingerprint density at radius 1 is 1.00 bits per heavy atom. The number of hydrogen-bond acceptors (Lipinski definition) is 3. The molecule has 0 bridgehead atoms. The fraction of sp³-hybridized carbons (Fsp3) is 0.412. The van der Waals surface area contributed by atoms with Gasteiger partial charge in [0.2, 0.25) is 0 Å². The van der Waals surface area contributed by atoms with Crippen LogP contribution < -0.4 is 4.90 Å². The summed E-state index contributed by atoms with van der Waals surface area (Å²) in [5.74, 6) is 0. The number of anilines is 1. The van der Waals surface area contributed by atoms with Gasteiger partial charge in [-0.15, -0.1) is 0 Å². The maximum Gasteiger partial charge on any atom is 0.294 e. The van der Waals surface area contributed by atoms with E-state index < -0.39 is 0 Å². The number of nitrogens with zero attached hydrogens (tertiary/aromatic N) is 3. The monoisotopic (exact) mass is 299 g/mol. The summed E-state index contributed by atoms with van der Waals surface area (Å²) in [7, 11) is 0. The van der Waals surface area contributed by atoms with Crippen molar-refractivity contribution in [1.29, 1.82) is 0 Å². The molecule has 116 valence electrons. The lowest BCUT2D eigenvalue weighted by atomic mass is 10.1. The highest BCUT2D eigenvalue weighted by molar-refractivity contribution is 5.67. The summed E-state index contributed by atoms with van der Waals surface area (Å²) in [6.45, 7) is 5.83. The van der Waals surface area contributed by atoms with Gasteiger partial charge in [0.15, 0.2) is 0 Å². The van der Waals surface area contributed by atoms with Gasteiger partial charge >= 0.3 is 0 Å². The van der Waals surface area contributed by atoms with E-state index in [0.29, 0.717) is 0 Å². The molecule has 0 radical (unpaired) electrons. The molecule has 2 heterocycles. The van der Waals surface area contributed by atoms with Crippen molar-refractivity contribution < 1.29 is 4.92 Å². The summed E-state index contributed by atoms with van der Waals surface area (Å²) >= 11 is 0. The van der Waals surface area contributed by atoms with Gasteiger partial charge in [-0.2, -0.15) is 0 Å². The van der Waals surface area contributed by atoms with Crippen molar-refractivity contribution >= 4 is 11.4 Å². The van der Waals surface area contributed by atoms with Gasteiger partial charge in [0.1, 0.15) is 5.69 Å². The summed E-state index contributed by atoms with van der Waals surface area (Å²) < 4.78 is 2.05. The van der Waals surface area contributed by atoms with Crippen LogP contribution in [-0.4, -0.2) is 22.6 Å². The smallest absolute Gasteiger partial charge is 0.294 e. The van der Waals surface area contributed by atoms with Crippen LogP contribution in [0.25, 0.3) is 5.69 Å². The van der Waals surface area contributed by atoms with E-state index >= 15 is 0 Å². The Bertz CT molecular complexity index is 680. The van der Waals surface area contributed by atoms with Crippen molar-refractivity contribution in [2.45, 2.75) is 33.1 Å². The van der Waals surface area contributed by atoms with Crippen LogP contribution in [-0.2, 0) is 0 Å². The van der Waals surface area contributed by atoms with Crippen molar-refractivity contribution in [2.24, 2.45) is 0 Å². The molecule has 1 saturated heterocycles. The molecule has 0 spiro atoms. The molecule has 5 heteroatoms. The largest absolute Gasteiger partial charge is 0.366 e. The van der Waals surface area contributed by atoms with Crippen LogP contribution in [0.2, 0.25) is 0 Å². The maximum atomic E-state index is 11.5. The van der Waals surface area contributed by atoms with Gasteiger partial charge in [0.05, 0.1) is 10.6 Å². The third-order valence-electron chi connectivity index (χ3n) is 4.38. The molecule has 0 atom stereocenters. The average Bonchev–Trinajstić information content (AvgIpc) is 2.86. The minimum atomic E-state index is -0.262. The predicted molar refractivity (Wildman–Crippen MR) is 88.0 cm³/mol. The fourth-order valence-corrected chi connectivity index (χ4v) is 3.28. The molecular weight excluding hydrogens is 278 g/mol. The number of piperidine rings is 1. The van der Waals surface area contributed by atoms with E-state index in [1.54, 1.807) is 6.07 Å². The molecule has 22 heavy (non-hydrogen) atoms. The van der Waals surface area contributed by atoms with Gasteiger partial charge in [0, 0.05) is 30.5 Å². The molecule has 1 fully saturated rings. The first-order chi connectivity index (χ1) is 10.6. The molecule has 0 aliphatic carbocycles. The molecule has 0 saturated carbocycles. The zero-order chi connectivity index (χ0) is 15.7. The third kappa shape index (κ3) is 2.58. The van der Waals surface area contributed by atoms with Gasteiger partial charge in [-0.1, -0.05) is 0 Å². The third-order valence-corrected chi connectivity index (χ3v) is 4.38. The zero-order valence-corrected chi connectivity index (χ0v) is 13.1. The van der Waals surface area contributed by atoms with Crippen LogP contribution in [0.15, 0.2) is 30.3 Å². The lowest BCUT2D eigenvalue weighted by Gasteiger charge is -2.28. The maximum absolute atomic E-state index is 11.5. The van der Waals surface area contributed by atoms with Gasteiger partial charge in [-0.05, 0) is 57.4 Å². The molecule has 2 aromatic rings. The minimum absolute atomic E-state index is 0.201. The highest BCUT2D eigenvalue weighted by atomic mass is 16.6. The Morgan fingerprint density at radius 2 is 1.64 bits per heavy atom. The normalized spacial score (nSPS) is 15.1. The molecule has 1 aliphatic heterocycles. The molecule has 1 aromatic heterocycles. The summed E-state index contributed by atoms with van der Waals surface area (Å²) in [5, 5.41) is 11.5. The first-order valence-electron chi connectivity index (χ1n) is 7.76. The Morgan fingerprint density at radius 3 is 2.23 bits per heavy atom. The molecule has 1 aliphatic rings. The number of hydrogen-bond donors (Lipinski definition) is 0. The average molecular weight is 299 g/mol. The van der Waals surface area contributed by atoms with Crippen molar-refractivity contribution in [1.82, 2.24) is 4.57 Å². The van der Waals surface area contributed by atoms with E-state index in [0.717, 1.165) is 48.7 Å². The van der Waals surface area contributed by atoms with Crippen LogP contribution in [0.4, 0.5) is 11.4 Å². The summed E-state index contributed by atoms with van der Waals surface area (Å²) in [5.41, 5.74) is 3.96. The minimum Gasteiger partial charge on any atom is -0.366 e. The Balaban J connectivity index is 2.05. The van der Waals surface area contributed by atoms with E-state index in [1.807, 2.05) is 42.7 Å². The van der Waals surface area contributed by atoms with Gasteiger partial charge in [0.25, 0.3) is 5.69 Å². The summed E-state index contributed by atoms with van der Waals surface area (Å²) in [6.07, 6.45) is 3.42. The Labute approximate surface area is 130 Å². The summed E-state index contributed by atoms with van der Waals surface area (Å²) in [4.78, 5) is 13.4. The fourth-order valence-electron chi connectivity index (χ4n) is 3.28. The summed E-state index contributed by atoms with van der Waals surface area (Å²) in [6, 6.07) is 9.64. The van der Waals surface area contributed by atoms with Crippen LogP contribution in [0.5, 0.6) is 0 Å². The van der Waals surface area contributed by atoms with Crippen LogP contribution in [0, 0.1) is 24.0 Å². The second kappa shape index (κ2) is 5.83. The molecule has 0 amide bonds. The molecule has 3 rings (SSSR count). The van der Waals surface area contributed by atoms with E-state index in [9.17, 15) is 10.1 Å². The first-order valence-corrected chi connectivity index (χ1v) is 7.76. The molecule has 0 unspecified atom stereocenters. The first kappa shape index (κ1) is 14.6. The van der Waals surface area contributed by atoms with Gasteiger partial charge in [-0.25, -0.2) is 0 Å². The second-order valence-corrected chi connectivity index (χ2v) is 5.93. The van der Waals surface area contributed by atoms with Crippen LogP contribution in [0.1, 0.15) is 30.7 Å². The number of rotatable bonds is 3. The SMILES string of the molecule is Cc1ccc(C)n1-c1ccc(N2CCCCC2)c([N+](=O)[O-])c1. The standard InChI is InChI=1S/C17H21N3O2/c1-13-6-7-14(2)19(13)15-8-9-16(17(12-15)20(21)22)18-10-4-3-5-11-18/h6-9,12H,3-5,10-11H2,1-2H3. The number of benzene rings is 1. The second-order valence-electron chi connectivity index (χ2n) is 5.93. The highest BCUT2D eigenvalue weighted by Crippen LogP contribution is 2.33. The number of nitro groups is 1. The van der Waals surface area contributed by atoms with Crippen molar-refractivity contribution in [3.05, 3.63) is 51.8 Å². The zero-order valence-electron chi connectivity index (χ0n) is 13.1. The van der Waals surface area contributed by atoms with Gasteiger partial charge < -0.3 is 9.47 Å². The number of aryl methyl sites for hydroxylation is 2. The van der Waals surface area contributed by atoms with Crippen LogP contribution in [0.3, 0.4) is 0 Å². The van der Waals surface area contributed by atoms with E-state index in [2.05, 4.69) is 4.90 Å². The van der Waals surface area contributed by atoms with Crippen molar-refractivity contribution in [3.63, 3.8) is 0 Å². The topological polar surface area (TPSA) is 51.3 Å². The Kier molecular flexibility index (Phi) is 3.88. The molecule has 5 nitrogen and oxygen atoms in total. The van der Waals surface area contributed by atoms with Crippen LogP contribution >= 0.6 is 0 Å². The lowest BCUT2D eigenvalue weighted by Crippen LogP contribution is -2.30. The van der Waals surface area contributed by atoms with Crippen molar-refractivity contribution in [2.75, 3.05) is 18.0 Å². The van der Waals surface area contributed by atoms with E-state index in [1.165, 1.54) is 6.42 Å². The van der Waals surface area contributed by atoms with Gasteiger partial charge in [-0.3, -0.25) is 10.1 Å². The van der Waals surface area contributed by atoms with E-state index in [4.69, 9.17) is 0 Å². The van der Waals surface area contributed by atoms with E-state index in [-0.39, 0.29) is 10.6 Å². The highest BCUT2D eigenvalue weighted by Gasteiger charge is 2.22. The Hall–Kier alpha value is -2.30. The quantitative estimate of drug-likeness (QED) is 0.636. The number of nitro benzene ring substituents is 1. The number of aromatic nitrogens is 1. The molecule has 0 N–H and O–H groups in total. The van der Waals surface area contributed by atoms with Crippen molar-refractivity contribution in [3.8, 4) is 5.69 Å². The predicted octanol–water partition coefficient (Wildman–Crippen LogP) is 3.99. The molecule has 1 aromatic carbocycles.